The van der Waals surface area contributed by atoms with E-state index >= 15 is 0 Å². The molecule has 0 aliphatic heterocycles. The summed E-state index contributed by atoms with van der Waals surface area (Å²) in [5, 5.41) is 0.0681. The SMILES string of the molecule is [Si]C(CCCS)(CCCS)c1ccccc1CCCS. The molecule has 0 saturated heterocycles. The molecule has 0 amide bonds. The third-order valence-electron chi connectivity index (χ3n) is 3.66. The summed E-state index contributed by atoms with van der Waals surface area (Å²) in [6.45, 7) is 0. The molecule has 0 aliphatic rings. The van der Waals surface area contributed by atoms with Crippen molar-refractivity contribution in [1.82, 2.24) is 0 Å². The molecule has 0 nitrogen and oxygen atoms in total. The van der Waals surface area contributed by atoms with Gasteiger partial charge in [-0.2, -0.15) is 37.9 Å². The zero-order valence-electron chi connectivity index (χ0n) is 12.0. The van der Waals surface area contributed by atoms with Crippen molar-refractivity contribution in [2.45, 2.75) is 43.6 Å². The lowest BCUT2D eigenvalue weighted by molar-refractivity contribution is 0.497. The van der Waals surface area contributed by atoms with E-state index < -0.39 is 0 Å². The van der Waals surface area contributed by atoms with Gasteiger partial charge in [-0.15, -0.1) is 0 Å². The molecule has 0 heterocycles. The summed E-state index contributed by atoms with van der Waals surface area (Å²) in [5.41, 5.74) is 2.90. The summed E-state index contributed by atoms with van der Waals surface area (Å²) >= 11 is 13.1. The molecule has 0 aromatic heterocycles. The molecule has 1 aromatic carbocycles. The number of hydrogen-bond donors (Lipinski definition) is 3. The van der Waals surface area contributed by atoms with Gasteiger partial charge in [-0.25, -0.2) is 0 Å². The van der Waals surface area contributed by atoms with Crippen LogP contribution in [0.4, 0.5) is 0 Å². The summed E-state index contributed by atoms with van der Waals surface area (Å²) in [6, 6.07) is 8.82. The van der Waals surface area contributed by atoms with Gasteiger partial charge in [0.05, 0.1) is 0 Å². The van der Waals surface area contributed by atoms with Crippen LogP contribution >= 0.6 is 37.9 Å². The maximum Gasteiger partial charge on any atom is 0.0378 e. The molecule has 20 heavy (non-hydrogen) atoms. The first-order chi connectivity index (χ1) is 9.68. The average molecular weight is 342 g/mol. The van der Waals surface area contributed by atoms with E-state index in [1.165, 1.54) is 11.1 Å². The van der Waals surface area contributed by atoms with Gasteiger partial charge in [0.1, 0.15) is 0 Å². The van der Waals surface area contributed by atoms with Crippen LogP contribution in [0.3, 0.4) is 0 Å². The number of benzene rings is 1. The highest BCUT2D eigenvalue weighted by molar-refractivity contribution is 7.80. The van der Waals surface area contributed by atoms with E-state index in [0.717, 1.165) is 55.8 Å². The maximum absolute atomic E-state index is 4.37. The van der Waals surface area contributed by atoms with E-state index in [-0.39, 0.29) is 5.04 Å². The van der Waals surface area contributed by atoms with Crippen molar-refractivity contribution in [2.24, 2.45) is 0 Å². The van der Waals surface area contributed by atoms with Gasteiger partial charge in [0.25, 0.3) is 0 Å². The Labute approximate surface area is 144 Å². The van der Waals surface area contributed by atoms with Gasteiger partial charge in [-0.1, -0.05) is 24.3 Å². The molecule has 0 saturated carbocycles. The molecule has 0 N–H and O–H groups in total. The molecular weight excluding hydrogens is 316 g/mol. The highest BCUT2D eigenvalue weighted by Gasteiger charge is 2.27. The Balaban J connectivity index is 2.98. The molecule has 0 bridgehead atoms. The topological polar surface area (TPSA) is 0 Å². The van der Waals surface area contributed by atoms with Crippen molar-refractivity contribution in [3.63, 3.8) is 0 Å². The van der Waals surface area contributed by atoms with Gasteiger partial charge in [-0.3, -0.25) is 0 Å². The largest absolute Gasteiger partial charge is 0.179 e. The Kier molecular flexibility index (Phi) is 9.50. The number of rotatable bonds is 10. The quantitative estimate of drug-likeness (QED) is 0.409. The fourth-order valence-electron chi connectivity index (χ4n) is 2.63. The molecule has 0 spiro atoms. The summed E-state index contributed by atoms with van der Waals surface area (Å²) in [5.74, 6) is 2.81. The lowest BCUT2D eigenvalue weighted by atomic mass is 9.85. The molecule has 0 atom stereocenters. The van der Waals surface area contributed by atoms with Crippen LogP contribution in [0.5, 0.6) is 0 Å². The van der Waals surface area contributed by atoms with E-state index in [0.29, 0.717) is 0 Å². The minimum atomic E-state index is 0.0681. The molecule has 4 heteroatoms. The second kappa shape index (κ2) is 10.3. The summed E-state index contributed by atoms with van der Waals surface area (Å²) in [7, 11) is 4.11. The summed E-state index contributed by atoms with van der Waals surface area (Å²) < 4.78 is 0. The Morgan fingerprint density at radius 3 is 1.95 bits per heavy atom. The zero-order chi connectivity index (χ0) is 14.8. The summed E-state index contributed by atoms with van der Waals surface area (Å²) in [4.78, 5) is 0. The highest BCUT2D eigenvalue weighted by Crippen LogP contribution is 2.34. The minimum absolute atomic E-state index is 0.0681. The van der Waals surface area contributed by atoms with E-state index in [1.807, 2.05) is 0 Å². The third kappa shape index (κ3) is 5.70. The minimum Gasteiger partial charge on any atom is -0.179 e. The van der Waals surface area contributed by atoms with Gasteiger partial charge in [0.15, 0.2) is 0 Å². The van der Waals surface area contributed by atoms with Gasteiger partial charge in [0, 0.05) is 10.2 Å². The molecule has 1 aromatic rings. The van der Waals surface area contributed by atoms with Gasteiger partial charge < -0.3 is 0 Å². The molecule has 0 fully saturated rings. The van der Waals surface area contributed by atoms with Gasteiger partial charge in [-0.05, 0) is 71.9 Å². The standard InChI is InChI=1S/C16H25S3Si/c17-11-3-7-14-6-1-2-8-15(14)16(20,9-4-12-18)10-5-13-19/h1-2,6,8,17-19H,3-5,7,9-13H2. The summed E-state index contributed by atoms with van der Waals surface area (Å²) in [6.07, 6.45) is 6.73. The van der Waals surface area contributed by atoms with Crippen LogP contribution in [0.15, 0.2) is 24.3 Å². The molecule has 0 aliphatic carbocycles. The van der Waals surface area contributed by atoms with E-state index in [2.05, 4.69) is 72.4 Å². The van der Waals surface area contributed by atoms with Crippen LogP contribution in [-0.2, 0) is 11.5 Å². The first-order valence-electron chi connectivity index (χ1n) is 7.34. The Bertz CT molecular complexity index is 374. The van der Waals surface area contributed by atoms with Crippen molar-refractivity contribution in [3.8, 4) is 0 Å². The van der Waals surface area contributed by atoms with Crippen molar-refractivity contribution < 1.29 is 0 Å². The van der Waals surface area contributed by atoms with Crippen LogP contribution in [0.25, 0.3) is 0 Å². The predicted octanol–water partition coefficient (Wildman–Crippen LogP) is 4.33. The van der Waals surface area contributed by atoms with Gasteiger partial charge >= 0.3 is 0 Å². The fourth-order valence-corrected chi connectivity index (χ4v) is 3.70. The molecule has 0 unspecified atom stereocenters. The van der Waals surface area contributed by atoms with Crippen LogP contribution < -0.4 is 0 Å². The maximum atomic E-state index is 4.37. The Hall–Kier alpha value is 0.487. The molecule has 3 radical (unpaired) electrons. The smallest absolute Gasteiger partial charge is 0.0378 e. The Morgan fingerprint density at radius 1 is 0.850 bits per heavy atom. The predicted molar refractivity (Wildman–Crippen MR) is 102 cm³/mol. The first-order valence-corrected chi connectivity index (χ1v) is 9.73. The van der Waals surface area contributed by atoms with Crippen molar-refractivity contribution in [1.29, 1.82) is 0 Å². The van der Waals surface area contributed by atoms with Crippen LogP contribution in [0, 0.1) is 0 Å². The zero-order valence-corrected chi connectivity index (χ0v) is 15.7. The molecule has 1 rings (SSSR count). The van der Waals surface area contributed by atoms with Crippen LogP contribution in [0.2, 0.25) is 0 Å². The fraction of sp³-hybridized carbons (Fsp3) is 0.625. The normalized spacial score (nSPS) is 11.8. The average Bonchev–Trinajstić information content (AvgIpc) is 2.49. The molecular formula is C16H25S3Si. The van der Waals surface area contributed by atoms with Crippen molar-refractivity contribution in [3.05, 3.63) is 35.4 Å². The Morgan fingerprint density at radius 2 is 1.40 bits per heavy atom. The lowest BCUT2D eigenvalue weighted by Crippen LogP contribution is -2.28. The third-order valence-corrected chi connectivity index (χ3v) is 5.38. The number of hydrogen-bond acceptors (Lipinski definition) is 3. The van der Waals surface area contributed by atoms with Crippen molar-refractivity contribution >= 4 is 48.1 Å². The second-order valence-corrected chi connectivity index (χ2v) is 7.52. The second-order valence-electron chi connectivity index (χ2n) is 5.22. The first kappa shape index (κ1) is 18.5. The van der Waals surface area contributed by atoms with Crippen molar-refractivity contribution in [2.75, 3.05) is 17.3 Å². The van der Waals surface area contributed by atoms with E-state index in [4.69, 9.17) is 0 Å². The lowest BCUT2D eigenvalue weighted by Gasteiger charge is -2.32. The number of aryl methyl sites for hydroxylation is 1. The monoisotopic (exact) mass is 341 g/mol. The van der Waals surface area contributed by atoms with E-state index in [1.54, 1.807) is 0 Å². The van der Waals surface area contributed by atoms with Gasteiger partial charge in [0.2, 0.25) is 0 Å². The van der Waals surface area contributed by atoms with E-state index in [9.17, 15) is 0 Å². The highest BCUT2D eigenvalue weighted by atomic mass is 32.1. The number of thiol groups is 3. The molecule has 111 valence electrons. The van der Waals surface area contributed by atoms with Crippen LogP contribution in [-0.4, -0.2) is 27.5 Å². The van der Waals surface area contributed by atoms with Crippen LogP contribution in [0.1, 0.15) is 43.2 Å².